The van der Waals surface area contributed by atoms with Crippen molar-refractivity contribution in [2.75, 3.05) is 13.2 Å². The summed E-state index contributed by atoms with van der Waals surface area (Å²) in [5.74, 6) is 0.652. The summed E-state index contributed by atoms with van der Waals surface area (Å²) in [7, 11) is 0. The number of hydrogen-bond acceptors (Lipinski definition) is 2. The summed E-state index contributed by atoms with van der Waals surface area (Å²) in [6.45, 7) is 0.956. The SMILES string of the molecule is O=C(C1CCCCCCC1)N(CCCO)C1CCC1. The van der Waals surface area contributed by atoms with Crippen LogP contribution in [0.25, 0.3) is 0 Å². The van der Waals surface area contributed by atoms with Crippen molar-refractivity contribution in [3.05, 3.63) is 0 Å². The summed E-state index contributed by atoms with van der Waals surface area (Å²) < 4.78 is 0. The number of aliphatic hydroxyl groups excluding tert-OH is 1. The van der Waals surface area contributed by atoms with Crippen molar-refractivity contribution in [2.45, 2.75) is 76.7 Å². The van der Waals surface area contributed by atoms with E-state index in [-0.39, 0.29) is 12.5 Å². The zero-order valence-corrected chi connectivity index (χ0v) is 12.1. The second-order valence-electron chi connectivity index (χ2n) is 6.24. The van der Waals surface area contributed by atoms with E-state index >= 15 is 0 Å². The molecule has 0 saturated heterocycles. The zero-order chi connectivity index (χ0) is 13.5. The van der Waals surface area contributed by atoms with Gasteiger partial charge in [-0.05, 0) is 38.5 Å². The Hall–Kier alpha value is -0.570. The Morgan fingerprint density at radius 1 is 0.947 bits per heavy atom. The fraction of sp³-hybridized carbons (Fsp3) is 0.938. The van der Waals surface area contributed by atoms with Crippen molar-refractivity contribution < 1.29 is 9.90 Å². The smallest absolute Gasteiger partial charge is 0.225 e. The summed E-state index contributed by atoms with van der Waals surface area (Å²) in [4.78, 5) is 14.9. The van der Waals surface area contributed by atoms with Crippen molar-refractivity contribution in [1.29, 1.82) is 0 Å². The van der Waals surface area contributed by atoms with E-state index in [0.29, 0.717) is 11.9 Å². The maximum Gasteiger partial charge on any atom is 0.225 e. The monoisotopic (exact) mass is 267 g/mol. The molecule has 3 nitrogen and oxygen atoms in total. The molecule has 0 atom stereocenters. The first-order valence-corrected chi connectivity index (χ1v) is 8.24. The van der Waals surface area contributed by atoms with Gasteiger partial charge in [-0.1, -0.05) is 32.1 Å². The quantitative estimate of drug-likeness (QED) is 0.831. The van der Waals surface area contributed by atoms with Crippen molar-refractivity contribution in [1.82, 2.24) is 4.90 Å². The number of carbonyl (C=O) groups is 1. The minimum atomic E-state index is 0.196. The van der Waals surface area contributed by atoms with Crippen molar-refractivity contribution >= 4 is 5.91 Å². The summed E-state index contributed by atoms with van der Waals surface area (Å²) in [5.41, 5.74) is 0. The third-order valence-electron chi connectivity index (χ3n) is 4.81. The molecule has 2 fully saturated rings. The molecular weight excluding hydrogens is 238 g/mol. The molecule has 3 heteroatoms. The summed E-state index contributed by atoms with van der Waals surface area (Å²) in [6, 6.07) is 0.476. The minimum absolute atomic E-state index is 0.196. The van der Waals surface area contributed by atoms with E-state index < -0.39 is 0 Å². The zero-order valence-electron chi connectivity index (χ0n) is 12.1. The summed E-state index contributed by atoms with van der Waals surface area (Å²) in [5, 5.41) is 9.02. The topological polar surface area (TPSA) is 40.5 Å². The Kier molecular flexibility index (Phi) is 6.15. The molecular formula is C16H29NO2. The summed E-state index contributed by atoms with van der Waals surface area (Å²) >= 11 is 0. The predicted octanol–water partition coefficient (Wildman–Crippen LogP) is 3.11. The van der Waals surface area contributed by atoms with Gasteiger partial charge in [0.2, 0.25) is 5.91 Å². The van der Waals surface area contributed by atoms with Crippen LogP contribution in [0.4, 0.5) is 0 Å². The molecule has 2 aliphatic rings. The van der Waals surface area contributed by atoms with Crippen LogP contribution in [0, 0.1) is 5.92 Å². The van der Waals surface area contributed by atoms with E-state index in [4.69, 9.17) is 5.11 Å². The van der Waals surface area contributed by atoms with Gasteiger partial charge in [0.15, 0.2) is 0 Å². The standard InChI is InChI=1S/C16H29NO2/c18-13-7-12-17(15-10-6-11-15)16(19)14-8-4-2-1-3-5-9-14/h14-15,18H,1-13H2. The van der Waals surface area contributed by atoms with Crippen LogP contribution in [-0.2, 0) is 4.79 Å². The highest BCUT2D eigenvalue weighted by Crippen LogP contribution is 2.30. The number of nitrogens with zero attached hydrogens (tertiary/aromatic N) is 1. The molecule has 0 unspecified atom stereocenters. The Morgan fingerprint density at radius 3 is 2.11 bits per heavy atom. The lowest BCUT2D eigenvalue weighted by Crippen LogP contribution is -2.47. The van der Waals surface area contributed by atoms with Crippen molar-refractivity contribution in [2.24, 2.45) is 5.92 Å². The minimum Gasteiger partial charge on any atom is -0.396 e. The van der Waals surface area contributed by atoms with Gasteiger partial charge in [0.1, 0.15) is 0 Å². The van der Waals surface area contributed by atoms with E-state index in [9.17, 15) is 4.79 Å². The van der Waals surface area contributed by atoms with E-state index in [1.807, 2.05) is 0 Å². The first-order chi connectivity index (χ1) is 9.33. The first-order valence-electron chi connectivity index (χ1n) is 8.24. The van der Waals surface area contributed by atoms with E-state index in [1.54, 1.807) is 0 Å². The second kappa shape index (κ2) is 7.88. The largest absolute Gasteiger partial charge is 0.396 e. The highest BCUT2D eigenvalue weighted by Gasteiger charge is 2.32. The van der Waals surface area contributed by atoms with Crippen LogP contribution in [-0.4, -0.2) is 35.1 Å². The average Bonchev–Trinajstić information content (AvgIpc) is 2.31. The van der Waals surface area contributed by atoms with E-state index in [2.05, 4.69) is 4.90 Å². The maximum absolute atomic E-state index is 12.7. The third kappa shape index (κ3) is 4.20. The molecule has 19 heavy (non-hydrogen) atoms. The number of amides is 1. The van der Waals surface area contributed by atoms with Gasteiger partial charge in [0, 0.05) is 25.1 Å². The number of aliphatic hydroxyl groups is 1. The van der Waals surface area contributed by atoms with Gasteiger partial charge < -0.3 is 10.0 Å². The van der Waals surface area contributed by atoms with Gasteiger partial charge in [-0.2, -0.15) is 0 Å². The van der Waals surface area contributed by atoms with E-state index in [1.165, 1.54) is 51.4 Å². The number of hydrogen-bond donors (Lipinski definition) is 1. The normalized spacial score (nSPS) is 22.4. The maximum atomic E-state index is 12.7. The lowest BCUT2D eigenvalue weighted by Gasteiger charge is -2.39. The molecule has 2 aliphatic carbocycles. The third-order valence-corrected chi connectivity index (χ3v) is 4.81. The molecule has 0 radical (unpaired) electrons. The van der Waals surface area contributed by atoms with Crippen LogP contribution in [0.15, 0.2) is 0 Å². The molecule has 0 aliphatic heterocycles. The van der Waals surface area contributed by atoms with Gasteiger partial charge in [-0.25, -0.2) is 0 Å². The number of rotatable bonds is 5. The van der Waals surface area contributed by atoms with Crippen LogP contribution in [0.5, 0.6) is 0 Å². The second-order valence-corrected chi connectivity index (χ2v) is 6.24. The lowest BCUT2D eigenvalue weighted by molar-refractivity contribution is -0.140. The van der Waals surface area contributed by atoms with Crippen LogP contribution in [0.3, 0.4) is 0 Å². The molecule has 0 spiro atoms. The van der Waals surface area contributed by atoms with Crippen LogP contribution in [0.2, 0.25) is 0 Å². The predicted molar refractivity (Wildman–Crippen MR) is 76.9 cm³/mol. The van der Waals surface area contributed by atoms with Gasteiger partial charge >= 0.3 is 0 Å². The Balaban J connectivity index is 1.91. The molecule has 110 valence electrons. The van der Waals surface area contributed by atoms with Crippen LogP contribution >= 0.6 is 0 Å². The molecule has 0 aromatic heterocycles. The molecule has 0 heterocycles. The lowest BCUT2D eigenvalue weighted by atomic mass is 9.86. The fourth-order valence-electron chi connectivity index (χ4n) is 3.35. The van der Waals surface area contributed by atoms with Gasteiger partial charge in [-0.15, -0.1) is 0 Å². The van der Waals surface area contributed by atoms with Gasteiger partial charge in [0.05, 0.1) is 0 Å². The van der Waals surface area contributed by atoms with Gasteiger partial charge in [0.25, 0.3) is 0 Å². The average molecular weight is 267 g/mol. The molecule has 1 amide bonds. The van der Waals surface area contributed by atoms with Crippen LogP contribution < -0.4 is 0 Å². The van der Waals surface area contributed by atoms with Crippen molar-refractivity contribution in [3.8, 4) is 0 Å². The fourth-order valence-corrected chi connectivity index (χ4v) is 3.35. The Bertz CT molecular complexity index is 268. The Morgan fingerprint density at radius 2 is 1.58 bits per heavy atom. The highest BCUT2D eigenvalue weighted by molar-refractivity contribution is 5.79. The molecule has 2 rings (SSSR count). The summed E-state index contributed by atoms with van der Waals surface area (Å²) in [6.07, 6.45) is 12.9. The van der Waals surface area contributed by atoms with Crippen LogP contribution in [0.1, 0.15) is 70.6 Å². The van der Waals surface area contributed by atoms with E-state index in [0.717, 1.165) is 25.8 Å². The highest BCUT2D eigenvalue weighted by atomic mass is 16.3. The van der Waals surface area contributed by atoms with Gasteiger partial charge in [-0.3, -0.25) is 4.79 Å². The van der Waals surface area contributed by atoms with Crippen molar-refractivity contribution in [3.63, 3.8) is 0 Å². The molecule has 1 N–H and O–H groups in total. The first kappa shape index (κ1) is 14.8. The molecule has 0 aromatic carbocycles. The molecule has 0 bridgehead atoms. The Labute approximate surface area is 117 Å². The number of carbonyl (C=O) groups excluding carboxylic acids is 1. The molecule has 0 aromatic rings. The molecule has 2 saturated carbocycles.